The minimum Gasteiger partial charge on any atom is -0.482 e. The van der Waals surface area contributed by atoms with Crippen molar-refractivity contribution in [3.05, 3.63) is 22.7 Å². The van der Waals surface area contributed by atoms with Crippen LogP contribution in [0.15, 0.2) is 22.7 Å². The van der Waals surface area contributed by atoms with Crippen molar-refractivity contribution in [3.8, 4) is 5.75 Å². The maximum Gasteiger partial charge on any atom is 0.308 e. The van der Waals surface area contributed by atoms with E-state index in [-0.39, 0.29) is 31.5 Å². The van der Waals surface area contributed by atoms with Crippen molar-refractivity contribution in [3.63, 3.8) is 0 Å². The monoisotopic (exact) mass is 382 g/mol. The van der Waals surface area contributed by atoms with Crippen molar-refractivity contribution in [2.45, 2.75) is 6.42 Å². The Morgan fingerprint density at radius 2 is 2.17 bits per heavy atom. The molecule has 2 aliphatic heterocycles. The summed E-state index contributed by atoms with van der Waals surface area (Å²) in [6.45, 7) is 0.374. The molecule has 1 saturated heterocycles. The second-order valence-electron chi connectivity index (χ2n) is 5.54. The molecule has 1 aromatic carbocycles. The lowest BCUT2D eigenvalue weighted by Gasteiger charge is -2.30. The van der Waals surface area contributed by atoms with Crippen LogP contribution >= 0.6 is 15.9 Å². The quantitative estimate of drug-likeness (QED) is 0.845. The van der Waals surface area contributed by atoms with Crippen LogP contribution in [-0.4, -0.2) is 54.0 Å². The molecule has 0 aliphatic carbocycles. The lowest BCUT2D eigenvalue weighted by molar-refractivity contribution is -0.141. The molecule has 2 aliphatic rings. The molecule has 7 nitrogen and oxygen atoms in total. The van der Waals surface area contributed by atoms with Gasteiger partial charge in [-0.25, -0.2) is 0 Å². The van der Waals surface area contributed by atoms with E-state index < -0.39 is 11.9 Å². The summed E-state index contributed by atoms with van der Waals surface area (Å²) in [6.07, 6.45) is 0.446. The molecule has 2 amide bonds. The molecular weight excluding hydrogens is 368 g/mol. The Kier molecular flexibility index (Phi) is 4.25. The van der Waals surface area contributed by atoms with Gasteiger partial charge in [-0.2, -0.15) is 0 Å². The molecule has 23 heavy (non-hydrogen) atoms. The van der Waals surface area contributed by atoms with E-state index in [0.29, 0.717) is 24.4 Å². The third kappa shape index (κ3) is 3.17. The van der Waals surface area contributed by atoms with Crippen LogP contribution in [0.1, 0.15) is 6.42 Å². The van der Waals surface area contributed by atoms with Gasteiger partial charge >= 0.3 is 5.97 Å². The van der Waals surface area contributed by atoms with Gasteiger partial charge in [-0.3, -0.25) is 19.3 Å². The van der Waals surface area contributed by atoms with Crippen LogP contribution in [0.2, 0.25) is 0 Å². The molecule has 0 bridgehead atoms. The number of amides is 2. The van der Waals surface area contributed by atoms with Crippen molar-refractivity contribution < 1.29 is 24.2 Å². The number of carbonyl (C=O) groups is 3. The molecule has 3 rings (SSSR count). The largest absolute Gasteiger partial charge is 0.482 e. The number of aliphatic carboxylic acids is 1. The van der Waals surface area contributed by atoms with E-state index in [9.17, 15) is 14.4 Å². The van der Waals surface area contributed by atoms with Gasteiger partial charge in [-0.05, 0) is 24.6 Å². The fourth-order valence-electron chi connectivity index (χ4n) is 2.78. The van der Waals surface area contributed by atoms with Gasteiger partial charge in [0, 0.05) is 17.6 Å². The Morgan fingerprint density at radius 1 is 1.39 bits per heavy atom. The van der Waals surface area contributed by atoms with Crippen LogP contribution in [0.4, 0.5) is 5.69 Å². The Hall–Kier alpha value is -2.09. The average Bonchev–Trinajstić information content (AvgIpc) is 3.00. The lowest BCUT2D eigenvalue weighted by Crippen LogP contribution is -2.46. The number of ether oxygens (including phenoxy) is 1. The van der Waals surface area contributed by atoms with Gasteiger partial charge in [0.2, 0.25) is 5.91 Å². The van der Waals surface area contributed by atoms with E-state index in [1.807, 2.05) is 0 Å². The summed E-state index contributed by atoms with van der Waals surface area (Å²) in [5.41, 5.74) is 0.548. The highest BCUT2D eigenvalue weighted by Gasteiger charge is 2.34. The van der Waals surface area contributed by atoms with Crippen LogP contribution < -0.4 is 9.64 Å². The van der Waals surface area contributed by atoms with Gasteiger partial charge in [0.25, 0.3) is 5.91 Å². The minimum absolute atomic E-state index is 0.108. The summed E-state index contributed by atoms with van der Waals surface area (Å²) in [6, 6.07) is 5.23. The van der Waals surface area contributed by atoms with Gasteiger partial charge in [0.15, 0.2) is 6.61 Å². The number of benzene rings is 1. The van der Waals surface area contributed by atoms with E-state index in [0.717, 1.165) is 4.47 Å². The molecule has 0 spiro atoms. The number of fused-ring (bicyclic) bond motifs is 1. The van der Waals surface area contributed by atoms with Crippen LogP contribution in [0, 0.1) is 5.92 Å². The zero-order valence-electron chi connectivity index (χ0n) is 12.2. The standard InChI is InChI=1S/C15H15BrN2O5/c16-10-1-2-11-12(5-10)23-8-14(20)18(11)7-13(19)17-4-3-9(6-17)15(21)22/h1-2,5,9H,3-4,6-8H2,(H,21,22). The van der Waals surface area contributed by atoms with Gasteiger partial charge in [0.05, 0.1) is 11.6 Å². The smallest absolute Gasteiger partial charge is 0.308 e. The van der Waals surface area contributed by atoms with Crippen molar-refractivity contribution in [1.82, 2.24) is 4.90 Å². The maximum absolute atomic E-state index is 12.4. The number of carbonyl (C=O) groups excluding carboxylic acids is 2. The van der Waals surface area contributed by atoms with Gasteiger partial charge in [0.1, 0.15) is 12.3 Å². The van der Waals surface area contributed by atoms with Crippen LogP contribution in [0.5, 0.6) is 5.75 Å². The maximum atomic E-state index is 12.4. The second-order valence-corrected chi connectivity index (χ2v) is 6.46. The molecule has 122 valence electrons. The number of hydrogen-bond acceptors (Lipinski definition) is 4. The third-order valence-corrected chi connectivity index (χ3v) is 4.54. The number of nitrogens with zero attached hydrogens (tertiary/aromatic N) is 2. The average molecular weight is 383 g/mol. The Bertz CT molecular complexity index is 678. The molecule has 1 aromatic rings. The van der Waals surface area contributed by atoms with Crippen LogP contribution in [0.25, 0.3) is 0 Å². The Balaban J connectivity index is 1.74. The van der Waals surface area contributed by atoms with E-state index in [4.69, 9.17) is 9.84 Å². The molecule has 2 heterocycles. The molecular formula is C15H15BrN2O5. The first kappa shape index (κ1) is 15.8. The molecule has 0 radical (unpaired) electrons. The number of anilines is 1. The highest BCUT2D eigenvalue weighted by atomic mass is 79.9. The normalized spacial score (nSPS) is 20.2. The molecule has 1 unspecified atom stereocenters. The fourth-order valence-corrected chi connectivity index (χ4v) is 3.12. The Labute approximate surface area is 140 Å². The van der Waals surface area contributed by atoms with E-state index in [1.165, 1.54) is 9.80 Å². The van der Waals surface area contributed by atoms with Gasteiger partial charge in [-0.15, -0.1) is 0 Å². The zero-order valence-corrected chi connectivity index (χ0v) is 13.8. The molecule has 0 aromatic heterocycles. The predicted molar refractivity (Wildman–Crippen MR) is 84.3 cm³/mol. The fraction of sp³-hybridized carbons (Fsp3) is 0.400. The first-order chi connectivity index (χ1) is 11.0. The number of carboxylic acid groups (broad SMARTS) is 1. The predicted octanol–water partition coefficient (Wildman–Crippen LogP) is 1.11. The summed E-state index contributed by atoms with van der Waals surface area (Å²) < 4.78 is 6.20. The van der Waals surface area contributed by atoms with Gasteiger partial charge < -0.3 is 14.7 Å². The first-order valence-corrected chi connectivity index (χ1v) is 7.98. The van der Waals surface area contributed by atoms with Crippen LogP contribution in [-0.2, 0) is 14.4 Å². The molecule has 8 heteroatoms. The minimum atomic E-state index is -0.891. The van der Waals surface area contributed by atoms with E-state index in [2.05, 4.69) is 15.9 Å². The van der Waals surface area contributed by atoms with Crippen molar-refractivity contribution >= 4 is 39.4 Å². The number of carboxylic acids is 1. The van der Waals surface area contributed by atoms with E-state index in [1.54, 1.807) is 18.2 Å². The van der Waals surface area contributed by atoms with Crippen molar-refractivity contribution in [1.29, 1.82) is 0 Å². The molecule has 0 saturated carbocycles. The highest BCUT2D eigenvalue weighted by Crippen LogP contribution is 2.34. The van der Waals surface area contributed by atoms with Crippen molar-refractivity contribution in [2.24, 2.45) is 5.92 Å². The molecule has 1 fully saturated rings. The summed E-state index contributed by atoms with van der Waals surface area (Å²) >= 11 is 3.34. The molecule has 1 N–H and O–H groups in total. The van der Waals surface area contributed by atoms with Crippen molar-refractivity contribution in [2.75, 3.05) is 31.1 Å². The zero-order chi connectivity index (χ0) is 16.6. The Morgan fingerprint density at radius 3 is 2.87 bits per heavy atom. The summed E-state index contributed by atoms with van der Waals surface area (Å²) in [5, 5.41) is 9.01. The second kappa shape index (κ2) is 6.19. The summed E-state index contributed by atoms with van der Waals surface area (Å²) in [5.74, 6) is -1.42. The number of halogens is 1. The number of likely N-dealkylation sites (tertiary alicyclic amines) is 1. The summed E-state index contributed by atoms with van der Waals surface area (Å²) in [7, 11) is 0. The summed E-state index contributed by atoms with van der Waals surface area (Å²) in [4.78, 5) is 38.4. The molecule has 1 atom stereocenters. The first-order valence-electron chi connectivity index (χ1n) is 7.19. The SMILES string of the molecule is O=C(O)C1CCN(C(=O)CN2C(=O)COc3cc(Br)ccc32)C1. The lowest BCUT2D eigenvalue weighted by atomic mass is 10.1. The van der Waals surface area contributed by atoms with Gasteiger partial charge in [-0.1, -0.05) is 15.9 Å². The number of rotatable bonds is 3. The number of hydrogen-bond donors (Lipinski definition) is 1. The van der Waals surface area contributed by atoms with E-state index >= 15 is 0 Å². The van der Waals surface area contributed by atoms with Crippen LogP contribution in [0.3, 0.4) is 0 Å². The third-order valence-electron chi connectivity index (χ3n) is 4.05. The highest BCUT2D eigenvalue weighted by molar-refractivity contribution is 9.10. The topological polar surface area (TPSA) is 87.2 Å².